The van der Waals surface area contributed by atoms with E-state index >= 15 is 0 Å². The van der Waals surface area contributed by atoms with E-state index in [2.05, 4.69) is 22.2 Å². The van der Waals surface area contributed by atoms with Gasteiger partial charge in [0.1, 0.15) is 0 Å². The second-order valence-electron chi connectivity index (χ2n) is 8.58. The molecule has 2 aliphatic rings. The van der Waals surface area contributed by atoms with Crippen LogP contribution in [-0.4, -0.2) is 46.2 Å². The Kier molecular flexibility index (Phi) is 5.47. The summed E-state index contributed by atoms with van der Waals surface area (Å²) >= 11 is 0. The van der Waals surface area contributed by atoms with Crippen molar-refractivity contribution in [3.63, 3.8) is 0 Å². The molecule has 1 aromatic heterocycles. The largest absolute Gasteiger partial charge is 0.405 e. The normalized spacial score (nSPS) is 25.2. The van der Waals surface area contributed by atoms with E-state index in [0.29, 0.717) is 24.3 Å². The Labute approximate surface area is 178 Å². The summed E-state index contributed by atoms with van der Waals surface area (Å²) in [6, 6.07) is 6.11. The van der Waals surface area contributed by atoms with Gasteiger partial charge < -0.3 is 20.7 Å². The van der Waals surface area contributed by atoms with E-state index in [1.54, 1.807) is 25.6 Å². The summed E-state index contributed by atoms with van der Waals surface area (Å²) in [4.78, 5) is 24.0. The van der Waals surface area contributed by atoms with Crippen molar-refractivity contribution in [1.29, 1.82) is 0 Å². The summed E-state index contributed by atoms with van der Waals surface area (Å²) in [5.74, 6) is 0.615. The van der Waals surface area contributed by atoms with Crippen molar-refractivity contribution in [2.75, 3.05) is 19.0 Å². The predicted molar refractivity (Wildman–Crippen MR) is 120 cm³/mol. The zero-order chi connectivity index (χ0) is 21.3. The number of hydrogen-bond donors (Lipinski definition) is 2. The van der Waals surface area contributed by atoms with Gasteiger partial charge in [-0.15, -0.1) is 0 Å². The molecule has 1 aromatic carbocycles. The highest BCUT2D eigenvalue weighted by atomic mass is 16.5. The molecule has 2 bridgehead atoms. The van der Waals surface area contributed by atoms with Crippen molar-refractivity contribution in [2.24, 2.45) is 11.7 Å². The SMILES string of the molecule is COCC12CC(C)CC(C1)N2C(=O)Nc1ccc(C)c(-c2cnc(/C=C\N)cn2)c1.[HH]. The first-order valence-electron chi connectivity index (χ1n) is 10.4. The molecular weight excluding hydrogens is 378 g/mol. The van der Waals surface area contributed by atoms with Gasteiger partial charge in [0.25, 0.3) is 0 Å². The average Bonchev–Trinajstić information content (AvgIpc) is 2.70. The lowest BCUT2D eigenvalue weighted by Gasteiger charge is -2.63. The van der Waals surface area contributed by atoms with E-state index in [4.69, 9.17) is 10.5 Å². The van der Waals surface area contributed by atoms with E-state index < -0.39 is 0 Å². The van der Waals surface area contributed by atoms with Gasteiger partial charge >= 0.3 is 6.03 Å². The standard InChI is InChI=1S/C23H29N5O2.H2/c1-15-8-19-11-23(10-15,14-30-3)28(19)22(29)27-17-5-4-16(2)20(9-17)21-13-25-18(6-7-24)12-26-21;/h4-7,9,12-13,15,19H,8,10-11,14,24H2,1-3H3,(H,27,29);1H/b7-6-;. The number of nitrogens with zero attached hydrogens (tertiary/aromatic N) is 3. The summed E-state index contributed by atoms with van der Waals surface area (Å²) in [6.45, 7) is 4.86. The minimum absolute atomic E-state index is 0. The topological polar surface area (TPSA) is 93.4 Å². The van der Waals surface area contributed by atoms with Crippen molar-refractivity contribution >= 4 is 17.8 Å². The third-order valence-electron chi connectivity index (χ3n) is 6.23. The van der Waals surface area contributed by atoms with Gasteiger partial charge in [-0.1, -0.05) is 13.0 Å². The van der Waals surface area contributed by atoms with Crippen molar-refractivity contribution < 1.29 is 11.0 Å². The number of piperidine rings is 1. The molecule has 1 aliphatic heterocycles. The molecule has 1 aliphatic carbocycles. The molecule has 2 aromatic rings. The number of nitrogens with one attached hydrogen (secondary N) is 1. The minimum atomic E-state index is -0.174. The van der Waals surface area contributed by atoms with E-state index in [1.165, 1.54) is 6.20 Å². The average molecular weight is 410 g/mol. The van der Waals surface area contributed by atoms with Gasteiger partial charge in [-0.25, -0.2) is 4.79 Å². The summed E-state index contributed by atoms with van der Waals surface area (Å²) in [5, 5.41) is 3.10. The lowest BCUT2D eigenvalue weighted by molar-refractivity contribution is -0.122. The van der Waals surface area contributed by atoms with Crippen LogP contribution in [0.2, 0.25) is 0 Å². The van der Waals surface area contributed by atoms with E-state index in [0.717, 1.165) is 41.8 Å². The number of rotatable bonds is 5. The number of likely N-dealkylation sites (tertiary alicyclic amines) is 1. The van der Waals surface area contributed by atoms with Crippen molar-refractivity contribution in [3.05, 3.63) is 48.1 Å². The first kappa shape index (κ1) is 20.3. The Hall–Kier alpha value is -2.93. The molecule has 7 heteroatoms. The summed E-state index contributed by atoms with van der Waals surface area (Å²) < 4.78 is 5.47. The number of urea groups is 1. The molecule has 2 amide bonds. The second kappa shape index (κ2) is 8.07. The number of fused-ring (bicyclic) bond motifs is 2. The Bertz CT molecular complexity index is 961. The molecule has 30 heavy (non-hydrogen) atoms. The second-order valence-corrected chi connectivity index (χ2v) is 8.58. The number of nitrogens with two attached hydrogens (primary N) is 1. The molecular formula is C23H31N5O2. The van der Waals surface area contributed by atoms with Gasteiger partial charge in [0.15, 0.2) is 0 Å². The Morgan fingerprint density at radius 3 is 2.93 bits per heavy atom. The van der Waals surface area contributed by atoms with E-state index in [9.17, 15) is 4.79 Å². The molecule has 160 valence electrons. The summed E-state index contributed by atoms with van der Waals surface area (Å²) in [6.07, 6.45) is 9.60. The van der Waals surface area contributed by atoms with Crippen LogP contribution in [0.4, 0.5) is 10.5 Å². The zero-order valence-electron chi connectivity index (χ0n) is 17.8. The van der Waals surface area contributed by atoms with Crippen LogP contribution in [0.15, 0.2) is 36.8 Å². The monoisotopic (exact) mass is 409 g/mol. The van der Waals surface area contributed by atoms with Crippen LogP contribution < -0.4 is 11.1 Å². The van der Waals surface area contributed by atoms with Gasteiger partial charge in [-0.05, 0) is 62.1 Å². The number of carbonyl (C=O) groups is 1. The number of benzene rings is 1. The molecule has 3 atom stereocenters. The Balaban J connectivity index is 0.00000272. The van der Waals surface area contributed by atoms with E-state index in [1.807, 2.05) is 30.0 Å². The molecule has 3 unspecified atom stereocenters. The highest BCUT2D eigenvalue weighted by Crippen LogP contribution is 2.50. The maximum atomic E-state index is 13.2. The molecule has 2 fully saturated rings. The number of aryl methyl sites for hydroxylation is 1. The Morgan fingerprint density at radius 2 is 2.23 bits per heavy atom. The van der Waals surface area contributed by atoms with Crippen LogP contribution in [0.25, 0.3) is 17.3 Å². The summed E-state index contributed by atoms with van der Waals surface area (Å²) in [7, 11) is 1.71. The number of methoxy groups -OCH3 is 1. The number of aromatic nitrogens is 2. The quantitative estimate of drug-likeness (QED) is 0.777. The van der Waals surface area contributed by atoms with Gasteiger partial charge in [-0.3, -0.25) is 9.97 Å². The van der Waals surface area contributed by atoms with Gasteiger partial charge in [-0.2, -0.15) is 0 Å². The highest BCUT2D eigenvalue weighted by Gasteiger charge is 2.58. The molecule has 1 saturated heterocycles. The zero-order valence-corrected chi connectivity index (χ0v) is 17.8. The molecule has 1 saturated carbocycles. The first-order valence-corrected chi connectivity index (χ1v) is 10.4. The van der Waals surface area contributed by atoms with Crippen LogP contribution in [0.3, 0.4) is 0 Å². The molecule has 0 radical (unpaired) electrons. The Morgan fingerprint density at radius 1 is 1.40 bits per heavy atom. The molecule has 2 heterocycles. The molecule has 4 rings (SSSR count). The fourth-order valence-electron chi connectivity index (χ4n) is 5.13. The first-order chi connectivity index (χ1) is 14.5. The van der Waals surface area contributed by atoms with Crippen molar-refractivity contribution in [3.8, 4) is 11.3 Å². The molecule has 7 nitrogen and oxygen atoms in total. The fraction of sp³-hybridized carbons (Fsp3) is 0.435. The van der Waals surface area contributed by atoms with Crippen LogP contribution >= 0.6 is 0 Å². The van der Waals surface area contributed by atoms with Crippen LogP contribution in [0, 0.1) is 12.8 Å². The van der Waals surface area contributed by atoms with Crippen LogP contribution in [0.1, 0.15) is 38.9 Å². The molecule has 0 spiro atoms. The number of ether oxygens (including phenoxy) is 1. The lowest BCUT2D eigenvalue weighted by Crippen LogP contribution is -2.74. The predicted octanol–water partition coefficient (Wildman–Crippen LogP) is 4.05. The van der Waals surface area contributed by atoms with Gasteiger partial charge in [0, 0.05) is 25.8 Å². The fourth-order valence-corrected chi connectivity index (χ4v) is 5.13. The molecule has 3 N–H and O–H groups in total. The minimum Gasteiger partial charge on any atom is -0.405 e. The third kappa shape index (κ3) is 3.65. The van der Waals surface area contributed by atoms with Gasteiger partial charge in [0.2, 0.25) is 0 Å². The third-order valence-corrected chi connectivity index (χ3v) is 6.23. The number of carbonyl (C=O) groups excluding carboxylic acids is 1. The van der Waals surface area contributed by atoms with E-state index in [-0.39, 0.29) is 13.0 Å². The van der Waals surface area contributed by atoms with Crippen LogP contribution in [0.5, 0.6) is 0 Å². The van der Waals surface area contributed by atoms with Crippen molar-refractivity contribution in [1.82, 2.24) is 14.9 Å². The summed E-state index contributed by atoms with van der Waals surface area (Å²) in [5.41, 5.74) is 9.44. The smallest absolute Gasteiger partial charge is 0.322 e. The maximum Gasteiger partial charge on any atom is 0.322 e. The van der Waals surface area contributed by atoms with Gasteiger partial charge in [0.05, 0.1) is 35.9 Å². The lowest BCUT2D eigenvalue weighted by atomic mass is 9.65. The highest BCUT2D eigenvalue weighted by molar-refractivity contribution is 5.92. The van der Waals surface area contributed by atoms with Crippen molar-refractivity contribution in [2.45, 2.75) is 44.7 Å². The van der Waals surface area contributed by atoms with Crippen LogP contribution in [-0.2, 0) is 4.74 Å². The number of amides is 2. The number of hydrogen-bond acceptors (Lipinski definition) is 5. The maximum absolute atomic E-state index is 13.2. The number of anilines is 1.